The highest BCUT2D eigenvalue weighted by Gasteiger charge is 2.45. The molecule has 35 heavy (non-hydrogen) atoms. The number of carbonyl (C=O) groups excluding carboxylic acids is 2. The maximum Gasteiger partial charge on any atom is 0.248 e. The van der Waals surface area contributed by atoms with Crippen molar-refractivity contribution < 1.29 is 14.3 Å². The number of fused-ring (bicyclic) bond motifs is 1. The summed E-state index contributed by atoms with van der Waals surface area (Å²) in [7, 11) is 0. The van der Waals surface area contributed by atoms with E-state index in [9.17, 15) is 9.59 Å². The number of hydrogen-bond donors (Lipinski definition) is 1. The molecule has 3 atom stereocenters. The minimum atomic E-state index is -0.678. The number of hydrogen-bond acceptors (Lipinski definition) is 5. The number of para-hydroxylation sites is 1. The lowest BCUT2D eigenvalue weighted by atomic mass is 10.0. The number of rotatable bonds is 7. The molecule has 0 unspecified atom stereocenters. The van der Waals surface area contributed by atoms with Gasteiger partial charge in [-0.2, -0.15) is 5.10 Å². The largest absolute Gasteiger partial charge is 0.371 e. The van der Waals surface area contributed by atoms with Crippen molar-refractivity contribution in [3.05, 3.63) is 83.1 Å². The lowest BCUT2D eigenvalue weighted by Gasteiger charge is -2.46. The van der Waals surface area contributed by atoms with E-state index < -0.39 is 18.2 Å². The third-order valence-corrected chi connectivity index (χ3v) is 6.90. The van der Waals surface area contributed by atoms with Gasteiger partial charge in [0.15, 0.2) is 0 Å². The van der Waals surface area contributed by atoms with Crippen LogP contribution >= 0.6 is 11.6 Å². The Hall–Kier alpha value is -3.20. The Kier molecular flexibility index (Phi) is 6.86. The zero-order valence-corrected chi connectivity index (χ0v) is 20.3. The van der Waals surface area contributed by atoms with E-state index in [1.54, 1.807) is 9.58 Å². The standard InChI is InChI=1S/C26H28ClN5O3/c1-18(35-17-19-7-3-2-4-8-19)24-26(34)31-12-11-30(16-23(31)25(33)29-24)14-20-13-28-32(15-20)22-10-6-5-9-21(22)27/h2-10,13,15,18,23-24H,11-12,14,16-17H2,1H3,(H,29,33)/t18-,23-,24+/m1/s1. The summed E-state index contributed by atoms with van der Waals surface area (Å²) in [5, 5.41) is 7.97. The topological polar surface area (TPSA) is 79.7 Å². The van der Waals surface area contributed by atoms with Gasteiger partial charge in [0.1, 0.15) is 12.1 Å². The Bertz CT molecular complexity index is 1200. The minimum absolute atomic E-state index is 0.0821. The molecule has 0 radical (unpaired) electrons. The van der Waals surface area contributed by atoms with Crippen molar-refractivity contribution in [2.75, 3.05) is 19.6 Å². The Morgan fingerprint density at radius 1 is 1.09 bits per heavy atom. The van der Waals surface area contributed by atoms with Gasteiger partial charge < -0.3 is 15.0 Å². The lowest BCUT2D eigenvalue weighted by Crippen LogP contribution is -2.71. The van der Waals surface area contributed by atoms with Crippen molar-refractivity contribution in [1.29, 1.82) is 0 Å². The van der Waals surface area contributed by atoms with E-state index in [2.05, 4.69) is 15.3 Å². The highest BCUT2D eigenvalue weighted by molar-refractivity contribution is 6.32. The average Bonchev–Trinajstić information content (AvgIpc) is 3.33. The molecule has 2 amide bonds. The van der Waals surface area contributed by atoms with Crippen LogP contribution in [0.3, 0.4) is 0 Å². The monoisotopic (exact) mass is 493 g/mol. The number of nitrogens with zero attached hydrogens (tertiary/aromatic N) is 4. The van der Waals surface area contributed by atoms with E-state index in [0.717, 1.165) is 16.8 Å². The van der Waals surface area contributed by atoms with Crippen LogP contribution < -0.4 is 5.32 Å². The predicted molar refractivity (Wildman–Crippen MR) is 132 cm³/mol. The number of aromatic nitrogens is 2. The number of carbonyl (C=O) groups is 2. The van der Waals surface area contributed by atoms with Gasteiger partial charge in [0.2, 0.25) is 11.8 Å². The normalized spacial score (nSPS) is 21.5. The third-order valence-electron chi connectivity index (χ3n) is 6.58. The molecule has 0 spiro atoms. The minimum Gasteiger partial charge on any atom is -0.371 e. The Morgan fingerprint density at radius 2 is 1.86 bits per heavy atom. The second kappa shape index (κ2) is 10.2. The van der Waals surface area contributed by atoms with Crippen LogP contribution in [0.15, 0.2) is 67.0 Å². The van der Waals surface area contributed by atoms with Crippen molar-refractivity contribution in [2.24, 2.45) is 0 Å². The van der Waals surface area contributed by atoms with Crippen LogP contribution in [0.2, 0.25) is 5.02 Å². The molecule has 8 nitrogen and oxygen atoms in total. The van der Waals surface area contributed by atoms with Crippen molar-refractivity contribution >= 4 is 23.4 Å². The van der Waals surface area contributed by atoms with Gasteiger partial charge in [0.25, 0.3) is 0 Å². The molecule has 2 saturated heterocycles. The molecule has 0 saturated carbocycles. The SMILES string of the molecule is C[C@@H](OCc1ccccc1)[C@@H]1NC(=O)[C@H]2CN(Cc3cnn(-c4ccccc4Cl)c3)CCN2C1=O. The van der Waals surface area contributed by atoms with Crippen LogP contribution in [0.1, 0.15) is 18.1 Å². The van der Waals surface area contributed by atoms with Crippen LogP contribution in [0.5, 0.6) is 0 Å². The maximum atomic E-state index is 13.2. The van der Waals surface area contributed by atoms with E-state index in [0.29, 0.717) is 37.8 Å². The Labute approximate surface area is 209 Å². The highest BCUT2D eigenvalue weighted by Crippen LogP contribution is 2.22. The fraction of sp³-hybridized carbons (Fsp3) is 0.346. The first-order valence-corrected chi connectivity index (χ1v) is 12.1. The molecule has 9 heteroatoms. The molecule has 3 aromatic rings. The van der Waals surface area contributed by atoms with Crippen molar-refractivity contribution in [3.8, 4) is 5.69 Å². The van der Waals surface area contributed by atoms with Crippen LogP contribution in [0, 0.1) is 0 Å². The van der Waals surface area contributed by atoms with Gasteiger partial charge >= 0.3 is 0 Å². The molecule has 2 aliphatic heterocycles. The first kappa shape index (κ1) is 23.5. The number of nitrogens with one attached hydrogen (secondary N) is 1. The molecule has 0 bridgehead atoms. The van der Waals surface area contributed by atoms with Gasteiger partial charge in [0, 0.05) is 37.9 Å². The molecular weight excluding hydrogens is 466 g/mol. The molecule has 5 rings (SSSR count). The summed E-state index contributed by atoms with van der Waals surface area (Å²) in [5.74, 6) is -0.220. The molecule has 0 aliphatic carbocycles. The third kappa shape index (κ3) is 5.10. The number of amides is 2. The van der Waals surface area contributed by atoms with Crippen molar-refractivity contribution in [2.45, 2.75) is 38.3 Å². The number of ether oxygens (including phenoxy) is 1. The van der Waals surface area contributed by atoms with Crippen molar-refractivity contribution in [3.63, 3.8) is 0 Å². The van der Waals surface area contributed by atoms with E-state index in [1.165, 1.54) is 0 Å². The van der Waals surface area contributed by atoms with Gasteiger partial charge in [-0.15, -0.1) is 0 Å². The Balaban J connectivity index is 1.19. The molecule has 182 valence electrons. The molecule has 2 aliphatic rings. The summed E-state index contributed by atoms with van der Waals surface area (Å²) in [5.41, 5.74) is 2.86. The molecule has 1 aromatic heterocycles. The summed E-state index contributed by atoms with van der Waals surface area (Å²) >= 11 is 6.29. The summed E-state index contributed by atoms with van der Waals surface area (Å²) in [4.78, 5) is 30.1. The van der Waals surface area contributed by atoms with Gasteiger partial charge in [-0.3, -0.25) is 14.5 Å². The molecule has 2 aromatic carbocycles. The van der Waals surface area contributed by atoms with E-state index >= 15 is 0 Å². The fourth-order valence-electron chi connectivity index (χ4n) is 4.65. The maximum absolute atomic E-state index is 13.2. The van der Waals surface area contributed by atoms with Crippen LogP contribution in [-0.4, -0.2) is 69.2 Å². The molecule has 1 N–H and O–H groups in total. The van der Waals surface area contributed by atoms with E-state index in [4.69, 9.17) is 16.3 Å². The molecular formula is C26H28ClN5O3. The molecule has 2 fully saturated rings. The summed E-state index contributed by atoms with van der Waals surface area (Å²) < 4.78 is 7.68. The van der Waals surface area contributed by atoms with Crippen LogP contribution in [0.4, 0.5) is 0 Å². The van der Waals surface area contributed by atoms with Gasteiger partial charge in [-0.05, 0) is 24.6 Å². The second-order valence-electron chi connectivity index (χ2n) is 9.02. The average molecular weight is 494 g/mol. The first-order valence-electron chi connectivity index (χ1n) is 11.8. The number of benzene rings is 2. The van der Waals surface area contributed by atoms with E-state index in [1.807, 2.05) is 73.9 Å². The quantitative estimate of drug-likeness (QED) is 0.547. The van der Waals surface area contributed by atoms with Crippen molar-refractivity contribution in [1.82, 2.24) is 24.9 Å². The number of piperazine rings is 2. The first-order chi connectivity index (χ1) is 17.0. The van der Waals surface area contributed by atoms with Gasteiger partial charge in [-0.25, -0.2) is 4.68 Å². The summed E-state index contributed by atoms with van der Waals surface area (Å²) in [6.45, 7) is 4.51. The predicted octanol–water partition coefficient (Wildman–Crippen LogP) is 2.64. The zero-order valence-electron chi connectivity index (χ0n) is 19.5. The zero-order chi connectivity index (χ0) is 24.4. The fourth-order valence-corrected chi connectivity index (χ4v) is 4.87. The highest BCUT2D eigenvalue weighted by atomic mass is 35.5. The van der Waals surface area contributed by atoms with Gasteiger partial charge in [-0.1, -0.05) is 54.1 Å². The Morgan fingerprint density at radius 3 is 2.66 bits per heavy atom. The van der Waals surface area contributed by atoms with E-state index in [-0.39, 0.29) is 11.8 Å². The van der Waals surface area contributed by atoms with Crippen LogP contribution in [0.25, 0.3) is 5.69 Å². The number of halogens is 1. The second-order valence-corrected chi connectivity index (χ2v) is 9.42. The lowest BCUT2D eigenvalue weighted by molar-refractivity contribution is -0.157. The van der Waals surface area contributed by atoms with Gasteiger partial charge in [0.05, 0.1) is 29.6 Å². The molecule has 3 heterocycles. The smallest absolute Gasteiger partial charge is 0.248 e. The summed E-state index contributed by atoms with van der Waals surface area (Å²) in [6.07, 6.45) is 3.33. The van der Waals surface area contributed by atoms with Crippen LogP contribution in [-0.2, 0) is 27.5 Å². The summed E-state index contributed by atoms with van der Waals surface area (Å²) in [6, 6.07) is 16.1.